The predicted octanol–water partition coefficient (Wildman–Crippen LogP) is 3.66. The van der Waals surface area contributed by atoms with E-state index in [1.807, 2.05) is 48.5 Å². The Balaban J connectivity index is 1.54. The first-order valence-corrected chi connectivity index (χ1v) is 8.01. The Morgan fingerprint density at radius 3 is 2.79 bits per heavy atom. The van der Waals surface area contributed by atoms with Gasteiger partial charge in [-0.15, -0.1) is 0 Å². The van der Waals surface area contributed by atoms with Crippen molar-refractivity contribution in [2.75, 3.05) is 6.54 Å². The van der Waals surface area contributed by atoms with E-state index in [9.17, 15) is 4.79 Å². The van der Waals surface area contributed by atoms with Crippen molar-refractivity contribution in [2.45, 2.75) is 6.42 Å². The van der Waals surface area contributed by atoms with Crippen molar-refractivity contribution in [1.82, 2.24) is 15.3 Å². The minimum atomic E-state index is -0.160. The third-order valence-corrected chi connectivity index (χ3v) is 3.71. The zero-order chi connectivity index (χ0) is 16.8. The molecule has 24 heavy (non-hydrogen) atoms. The summed E-state index contributed by atoms with van der Waals surface area (Å²) in [6.45, 7) is 0.549. The molecule has 2 aromatic carbocycles. The van der Waals surface area contributed by atoms with Gasteiger partial charge in [0.25, 0.3) is 0 Å². The zero-order valence-electron chi connectivity index (χ0n) is 12.9. The Labute approximate surface area is 145 Å². The van der Waals surface area contributed by atoms with Gasteiger partial charge in [-0.3, -0.25) is 9.78 Å². The minimum absolute atomic E-state index is 0.160. The number of carbonyl (C=O) groups is 1. The molecule has 0 fully saturated rings. The number of nitrogens with one attached hydrogen (secondary N) is 1. The van der Waals surface area contributed by atoms with Crippen LogP contribution in [0.15, 0.2) is 60.8 Å². The number of hydrogen-bond donors (Lipinski definition) is 1. The molecule has 4 nitrogen and oxygen atoms in total. The average Bonchev–Trinajstić information content (AvgIpc) is 2.60. The Morgan fingerprint density at radius 1 is 1.12 bits per heavy atom. The highest BCUT2D eigenvalue weighted by molar-refractivity contribution is 6.30. The number of rotatable bonds is 5. The van der Waals surface area contributed by atoms with Crippen molar-refractivity contribution in [3.63, 3.8) is 0 Å². The van der Waals surface area contributed by atoms with Crippen molar-refractivity contribution >= 4 is 34.6 Å². The molecule has 1 N–H and O–H groups in total. The first-order valence-electron chi connectivity index (χ1n) is 7.63. The Kier molecular flexibility index (Phi) is 5.18. The molecule has 0 saturated heterocycles. The van der Waals surface area contributed by atoms with E-state index in [0.717, 1.165) is 23.0 Å². The third kappa shape index (κ3) is 4.40. The van der Waals surface area contributed by atoms with Crippen LogP contribution < -0.4 is 5.32 Å². The lowest BCUT2D eigenvalue weighted by Crippen LogP contribution is -2.23. The van der Waals surface area contributed by atoms with Crippen LogP contribution in [0.1, 0.15) is 11.3 Å². The topological polar surface area (TPSA) is 54.9 Å². The summed E-state index contributed by atoms with van der Waals surface area (Å²) in [6.07, 6.45) is 5.51. The van der Waals surface area contributed by atoms with Gasteiger partial charge in [0.15, 0.2) is 0 Å². The molecule has 0 saturated carbocycles. The second-order valence-corrected chi connectivity index (χ2v) is 5.72. The molecular formula is C19H16ClN3O. The van der Waals surface area contributed by atoms with E-state index in [-0.39, 0.29) is 5.91 Å². The summed E-state index contributed by atoms with van der Waals surface area (Å²) in [7, 11) is 0. The van der Waals surface area contributed by atoms with Crippen LogP contribution in [0, 0.1) is 0 Å². The third-order valence-electron chi connectivity index (χ3n) is 3.47. The van der Waals surface area contributed by atoms with Crippen molar-refractivity contribution in [1.29, 1.82) is 0 Å². The van der Waals surface area contributed by atoms with Crippen LogP contribution in [-0.4, -0.2) is 22.4 Å². The van der Waals surface area contributed by atoms with E-state index < -0.39 is 0 Å². The quantitative estimate of drug-likeness (QED) is 0.723. The summed E-state index contributed by atoms with van der Waals surface area (Å²) >= 11 is 5.93. The standard InChI is InChI=1S/C19H16ClN3O/c20-15-5-3-4-14(12-15)10-11-21-19(24)9-8-16-13-22-17-6-1-2-7-18(17)23-16/h1-9,12-13H,10-11H2,(H,21,24)/b9-8+. The molecule has 0 atom stereocenters. The van der Waals surface area contributed by atoms with Crippen LogP contribution >= 0.6 is 11.6 Å². The van der Waals surface area contributed by atoms with Gasteiger partial charge in [-0.25, -0.2) is 4.98 Å². The summed E-state index contributed by atoms with van der Waals surface area (Å²) in [5.41, 5.74) is 3.38. The summed E-state index contributed by atoms with van der Waals surface area (Å²) < 4.78 is 0. The average molecular weight is 338 g/mol. The molecule has 3 rings (SSSR count). The lowest BCUT2D eigenvalue weighted by Gasteiger charge is -2.03. The molecular weight excluding hydrogens is 322 g/mol. The molecule has 120 valence electrons. The van der Waals surface area contributed by atoms with Gasteiger partial charge in [-0.2, -0.15) is 0 Å². The van der Waals surface area contributed by atoms with Gasteiger partial charge < -0.3 is 5.32 Å². The Bertz CT molecular complexity index is 892. The highest BCUT2D eigenvalue weighted by Gasteiger charge is 1.99. The van der Waals surface area contributed by atoms with E-state index in [1.165, 1.54) is 6.08 Å². The molecule has 1 heterocycles. The number of fused-ring (bicyclic) bond motifs is 1. The number of para-hydroxylation sites is 2. The van der Waals surface area contributed by atoms with Crippen LogP contribution in [0.25, 0.3) is 17.1 Å². The van der Waals surface area contributed by atoms with Gasteiger partial charge in [-0.1, -0.05) is 35.9 Å². The fourth-order valence-electron chi connectivity index (χ4n) is 2.29. The maximum atomic E-state index is 11.9. The molecule has 0 radical (unpaired) electrons. The lowest BCUT2D eigenvalue weighted by atomic mass is 10.1. The monoisotopic (exact) mass is 337 g/mol. The van der Waals surface area contributed by atoms with Crippen LogP contribution in [0.2, 0.25) is 5.02 Å². The minimum Gasteiger partial charge on any atom is -0.352 e. The molecule has 1 aromatic heterocycles. The van der Waals surface area contributed by atoms with Gasteiger partial charge in [0.2, 0.25) is 5.91 Å². The molecule has 0 aliphatic heterocycles. The number of carbonyl (C=O) groups excluding carboxylic acids is 1. The number of aromatic nitrogens is 2. The van der Waals surface area contributed by atoms with Crippen molar-refractivity contribution in [3.05, 3.63) is 77.1 Å². The zero-order valence-corrected chi connectivity index (χ0v) is 13.7. The number of nitrogens with zero attached hydrogens (tertiary/aromatic N) is 2. The summed E-state index contributed by atoms with van der Waals surface area (Å²) in [5.74, 6) is -0.160. The van der Waals surface area contributed by atoms with Crippen molar-refractivity contribution in [2.24, 2.45) is 0 Å². The first kappa shape index (κ1) is 16.1. The maximum absolute atomic E-state index is 11.9. The highest BCUT2D eigenvalue weighted by atomic mass is 35.5. The van der Waals surface area contributed by atoms with Gasteiger partial charge in [-0.05, 0) is 42.3 Å². The second kappa shape index (κ2) is 7.70. The molecule has 0 aliphatic carbocycles. The molecule has 3 aromatic rings. The predicted molar refractivity (Wildman–Crippen MR) is 96.7 cm³/mol. The van der Waals surface area contributed by atoms with E-state index in [2.05, 4.69) is 15.3 Å². The maximum Gasteiger partial charge on any atom is 0.244 e. The molecule has 0 aliphatic rings. The molecule has 0 bridgehead atoms. The molecule has 1 amide bonds. The summed E-state index contributed by atoms with van der Waals surface area (Å²) in [5, 5.41) is 3.54. The van der Waals surface area contributed by atoms with Crippen LogP contribution in [0.5, 0.6) is 0 Å². The van der Waals surface area contributed by atoms with Crippen LogP contribution in [0.3, 0.4) is 0 Å². The van der Waals surface area contributed by atoms with E-state index in [0.29, 0.717) is 17.3 Å². The Morgan fingerprint density at radius 2 is 1.96 bits per heavy atom. The summed E-state index contributed by atoms with van der Waals surface area (Å²) in [4.78, 5) is 20.6. The SMILES string of the molecule is O=C(/C=C/c1cnc2ccccc2n1)NCCc1cccc(Cl)c1. The number of halogens is 1. The van der Waals surface area contributed by atoms with E-state index >= 15 is 0 Å². The largest absolute Gasteiger partial charge is 0.352 e. The number of hydrogen-bond acceptors (Lipinski definition) is 3. The lowest BCUT2D eigenvalue weighted by molar-refractivity contribution is -0.116. The first-order chi connectivity index (χ1) is 11.7. The van der Waals surface area contributed by atoms with Crippen molar-refractivity contribution in [3.8, 4) is 0 Å². The van der Waals surface area contributed by atoms with E-state index in [4.69, 9.17) is 11.6 Å². The number of amides is 1. The van der Waals surface area contributed by atoms with Gasteiger partial charge in [0, 0.05) is 17.6 Å². The fraction of sp³-hybridized carbons (Fsp3) is 0.105. The van der Waals surface area contributed by atoms with Crippen LogP contribution in [-0.2, 0) is 11.2 Å². The fourth-order valence-corrected chi connectivity index (χ4v) is 2.51. The second-order valence-electron chi connectivity index (χ2n) is 5.29. The van der Waals surface area contributed by atoms with Gasteiger partial charge >= 0.3 is 0 Å². The van der Waals surface area contributed by atoms with E-state index in [1.54, 1.807) is 12.3 Å². The smallest absolute Gasteiger partial charge is 0.244 e. The molecule has 0 unspecified atom stereocenters. The van der Waals surface area contributed by atoms with Crippen molar-refractivity contribution < 1.29 is 4.79 Å². The van der Waals surface area contributed by atoms with Crippen LogP contribution in [0.4, 0.5) is 0 Å². The van der Waals surface area contributed by atoms with Gasteiger partial charge in [0.05, 0.1) is 22.9 Å². The molecule has 5 heteroatoms. The normalized spacial score (nSPS) is 11.0. The Hall–Kier alpha value is -2.72. The van der Waals surface area contributed by atoms with Gasteiger partial charge in [0.1, 0.15) is 0 Å². The number of benzene rings is 2. The molecule has 0 spiro atoms. The highest BCUT2D eigenvalue weighted by Crippen LogP contribution is 2.11. The summed E-state index contributed by atoms with van der Waals surface area (Å²) in [6, 6.07) is 15.2.